The van der Waals surface area contributed by atoms with Crippen molar-refractivity contribution in [1.82, 2.24) is 14.7 Å². The van der Waals surface area contributed by atoms with E-state index in [1.165, 1.54) is 0 Å². The molecule has 128 valence electrons. The fraction of sp³-hybridized carbons (Fsp3) is 0.733. The van der Waals surface area contributed by atoms with Gasteiger partial charge in [0.2, 0.25) is 5.60 Å². The summed E-state index contributed by atoms with van der Waals surface area (Å²) in [4.78, 5) is 13.1. The lowest BCUT2D eigenvalue weighted by Crippen LogP contribution is -2.57. The van der Waals surface area contributed by atoms with E-state index in [0.717, 1.165) is 23.4 Å². The molecule has 1 aliphatic heterocycles. The molecule has 2 fully saturated rings. The first-order chi connectivity index (χ1) is 10.7. The number of aliphatic hydroxyl groups is 1. The second-order valence-corrected chi connectivity index (χ2v) is 6.57. The van der Waals surface area contributed by atoms with Crippen LogP contribution in [-0.4, -0.2) is 50.6 Å². The predicted octanol–water partition coefficient (Wildman–Crippen LogP) is 2.24. The van der Waals surface area contributed by atoms with Gasteiger partial charge in [0.1, 0.15) is 0 Å². The van der Waals surface area contributed by atoms with E-state index in [1.54, 1.807) is 6.20 Å². The fourth-order valence-corrected chi connectivity index (χ4v) is 3.08. The lowest BCUT2D eigenvalue weighted by Gasteiger charge is -2.36. The fourth-order valence-electron chi connectivity index (χ4n) is 3.08. The van der Waals surface area contributed by atoms with Gasteiger partial charge in [0, 0.05) is 30.9 Å². The molecule has 2 aliphatic rings. The summed E-state index contributed by atoms with van der Waals surface area (Å²) in [5.41, 5.74) is -2.22. The van der Waals surface area contributed by atoms with E-state index < -0.39 is 17.7 Å². The Balaban J connectivity index is 1.64. The van der Waals surface area contributed by atoms with Crippen molar-refractivity contribution in [3.05, 3.63) is 18.0 Å². The minimum Gasteiger partial charge on any atom is -0.373 e. The number of piperidine rings is 1. The van der Waals surface area contributed by atoms with E-state index in [0.29, 0.717) is 25.8 Å². The van der Waals surface area contributed by atoms with Crippen LogP contribution < -0.4 is 0 Å². The number of hydrogen-bond donors (Lipinski definition) is 1. The summed E-state index contributed by atoms with van der Waals surface area (Å²) in [6, 6.07) is 2.40. The summed E-state index contributed by atoms with van der Waals surface area (Å²) in [5, 5.41) is 13.8. The first-order valence-electron chi connectivity index (χ1n) is 7.83. The average molecular weight is 331 g/mol. The minimum absolute atomic E-state index is 0.193. The van der Waals surface area contributed by atoms with Gasteiger partial charge in [0.15, 0.2) is 0 Å². The molecule has 1 saturated heterocycles. The van der Waals surface area contributed by atoms with Gasteiger partial charge in [-0.3, -0.25) is 9.48 Å². The maximum atomic E-state index is 12.8. The van der Waals surface area contributed by atoms with Crippen LogP contribution in [0.15, 0.2) is 12.3 Å². The molecule has 0 radical (unpaired) electrons. The van der Waals surface area contributed by atoms with Crippen LogP contribution in [0.3, 0.4) is 0 Å². The van der Waals surface area contributed by atoms with Gasteiger partial charge >= 0.3 is 6.18 Å². The molecular formula is C15H20F3N3O2. The molecule has 0 bridgehead atoms. The standard InChI is InChI=1S/C15H20F3N3O2/c1-14(23,15(16,17)18)13(22)20-8-5-10(6-9-20)12-4-7-19-21(12)11-2-3-11/h4,7,10-11,23H,2-3,5-6,8-9H2,1H3. The minimum atomic E-state index is -4.97. The SMILES string of the molecule is CC(O)(C(=O)N1CCC(c2ccnn2C2CC2)CC1)C(F)(F)F. The van der Waals surface area contributed by atoms with E-state index >= 15 is 0 Å². The zero-order valence-corrected chi connectivity index (χ0v) is 12.9. The van der Waals surface area contributed by atoms with Crippen molar-refractivity contribution >= 4 is 5.91 Å². The van der Waals surface area contributed by atoms with E-state index in [9.17, 15) is 23.1 Å². The summed E-state index contributed by atoms with van der Waals surface area (Å²) in [7, 11) is 0. The topological polar surface area (TPSA) is 58.4 Å². The molecule has 1 atom stereocenters. The molecule has 5 nitrogen and oxygen atoms in total. The number of rotatable bonds is 3. The molecule has 1 unspecified atom stereocenters. The molecule has 1 aliphatic carbocycles. The van der Waals surface area contributed by atoms with Crippen molar-refractivity contribution in [3.8, 4) is 0 Å². The normalized spacial score (nSPS) is 22.9. The number of carbonyl (C=O) groups excluding carboxylic acids is 1. The second-order valence-electron chi connectivity index (χ2n) is 6.57. The number of amides is 1. The van der Waals surface area contributed by atoms with Crippen LogP contribution in [0.2, 0.25) is 0 Å². The molecule has 1 aromatic rings. The van der Waals surface area contributed by atoms with Gasteiger partial charge in [-0.05, 0) is 38.7 Å². The molecule has 1 N–H and O–H groups in total. The van der Waals surface area contributed by atoms with E-state index in [1.807, 2.05) is 10.7 Å². The highest BCUT2D eigenvalue weighted by atomic mass is 19.4. The van der Waals surface area contributed by atoms with Crippen LogP contribution >= 0.6 is 0 Å². The van der Waals surface area contributed by atoms with Gasteiger partial charge in [-0.1, -0.05) is 0 Å². The predicted molar refractivity (Wildman–Crippen MR) is 75.7 cm³/mol. The second kappa shape index (κ2) is 5.51. The molecule has 23 heavy (non-hydrogen) atoms. The lowest BCUT2D eigenvalue weighted by molar-refractivity contribution is -0.250. The Bertz CT molecular complexity index is 585. The van der Waals surface area contributed by atoms with Crippen LogP contribution in [0.25, 0.3) is 0 Å². The Morgan fingerprint density at radius 1 is 1.26 bits per heavy atom. The Hall–Kier alpha value is -1.57. The summed E-state index contributed by atoms with van der Waals surface area (Å²) in [6.07, 6.45) is 0.169. The number of hydrogen-bond acceptors (Lipinski definition) is 3. The summed E-state index contributed by atoms with van der Waals surface area (Å²) < 4.78 is 40.3. The van der Waals surface area contributed by atoms with Crippen molar-refractivity contribution in [2.45, 2.75) is 56.3 Å². The average Bonchev–Trinajstić information content (AvgIpc) is 3.22. The number of carbonyl (C=O) groups is 1. The summed E-state index contributed by atoms with van der Waals surface area (Å²) in [6.45, 7) is 0.945. The van der Waals surface area contributed by atoms with E-state index in [4.69, 9.17) is 0 Å². The van der Waals surface area contributed by atoms with Crippen LogP contribution in [0.5, 0.6) is 0 Å². The van der Waals surface area contributed by atoms with E-state index in [-0.39, 0.29) is 19.0 Å². The first kappa shape index (κ1) is 16.3. The third-order valence-corrected chi connectivity index (χ3v) is 4.76. The van der Waals surface area contributed by atoms with Crippen LogP contribution in [0.4, 0.5) is 13.2 Å². The van der Waals surface area contributed by atoms with Crippen LogP contribution in [-0.2, 0) is 4.79 Å². The molecule has 0 aromatic carbocycles. The van der Waals surface area contributed by atoms with Gasteiger partial charge in [0.25, 0.3) is 5.91 Å². The van der Waals surface area contributed by atoms with Crippen molar-refractivity contribution in [1.29, 1.82) is 0 Å². The highest BCUT2D eigenvalue weighted by Crippen LogP contribution is 2.39. The molecule has 3 rings (SSSR count). The Morgan fingerprint density at radius 2 is 1.87 bits per heavy atom. The van der Waals surface area contributed by atoms with Gasteiger partial charge in [-0.25, -0.2) is 0 Å². The summed E-state index contributed by atoms with van der Waals surface area (Å²) >= 11 is 0. The van der Waals surface area contributed by atoms with Gasteiger partial charge in [-0.2, -0.15) is 18.3 Å². The van der Waals surface area contributed by atoms with Gasteiger partial charge < -0.3 is 10.0 Å². The Kier molecular flexibility index (Phi) is 3.90. The van der Waals surface area contributed by atoms with Crippen molar-refractivity contribution in [3.63, 3.8) is 0 Å². The monoisotopic (exact) mass is 331 g/mol. The highest BCUT2D eigenvalue weighted by Gasteiger charge is 2.57. The lowest BCUT2D eigenvalue weighted by atomic mass is 9.92. The van der Waals surface area contributed by atoms with Crippen molar-refractivity contribution in [2.75, 3.05) is 13.1 Å². The third kappa shape index (κ3) is 2.96. The molecule has 1 aromatic heterocycles. The molecule has 1 amide bonds. The molecule has 0 spiro atoms. The van der Waals surface area contributed by atoms with Crippen molar-refractivity contribution < 1.29 is 23.1 Å². The third-order valence-electron chi connectivity index (χ3n) is 4.76. The van der Waals surface area contributed by atoms with Gasteiger partial charge in [0.05, 0.1) is 6.04 Å². The number of alkyl halides is 3. The molecule has 8 heteroatoms. The highest BCUT2D eigenvalue weighted by molar-refractivity contribution is 5.85. The van der Waals surface area contributed by atoms with Crippen LogP contribution in [0, 0.1) is 0 Å². The number of aromatic nitrogens is 2. The Labute approximate surface area is 132 Å². The number of likely N-dealkylation sites (tertiary alicyclic amines) is 1. The largest absolute Gasteiger partial charge is 0.426 e. The quantitative estimate of drug-likeness (QED) is 0.924. The van der Waals surface area contributed by atoms with Crippen LogP contribution in [0.1, 0.15) is 50.3 Å². The maximum absolute atomic E-state index is 12.8. The molecule has 2 heterocycles. The van der Waals surface area contributed by atoms with Gasteiger partial charge in [-0.15, -0.1) is 0 Å². The molecular weight excluding hydrogens is 311 g/mol. The molecule has 1 saturated carbocycles. The number of halogens is 3. The zero-order chi connectivity index (χ0) is 16.8. The van der Waals surface area contributed by atoms with E-state index in [2.05, 4.69) is 5.10 Å². The summed E-state index contributed by atoms with van der Waals surface area (Å²) in [5.74, 6) is -1.07. The maximum Gasteiger partial charge on any atom is 0.426 e. The first-order valence-corrected chi connectivity index (χ1v) is 7.83. The Morgan fingerprint density at radius 3 is 2.39 bits per heavy atom. The van der Waals surface area contributed by atoms with Crippen molar-refractivity contribution in [2.24, 2.45) is 0 Å². The smallest absolute Gasteiger partial charge is 0.373 e. The zero-order valence-electron chi connectivity index (χ0n) is 12.9. The number of nitrogens with zero attached hydrogens (tertiary/aromatic N) is 3.